The first-order valence-corrected chi connectivity index (χ1v) is 8.81. The van der Waals surface area contributed by atoms with Crippen LogP contribution in [0, 0.1) is 33.6 Å². The second-order valence-corrected chi connectivity index (χ2v) is 7.16. The number of aryl methyl sites for hydroxylation is 3. The van der Waals surface area contributed by atoms with Crippen LogP contribution in [0.4, 0.5) is 0 Å². The minimum absolute atomic E-state index is 0.0758. The number of aliphatic hydroxyl groups excluding tert-OH is 1. The van der Waals surface area contributed by atoms with Gasteiger partial charge in [-0.15, -0.1) is 0 Å². The number of nitrogens with zero attached hydrogens (tertiary/aromatic N) is 1. The van der Waals surface area contributed by atoms with Crippen LogP contribution in [0.2, 0.25) is 0 Å². The van der Waals surface area contributed by atoms with Gasteiger partial charge in [-0.05, 0) is 57.0 Å². The van der Waals surface area contributed by atoms with Crippen LogP contribution in [0.3, 0.4) is 0 Å². The summed E-state index contributed by atoms with van der Waals surface area (Å²) in [5.41, 5.74) is 6.16. The number of carbonyl (C=O) groups excluding carboxylic acids is 1. The van der Waals surface area contributed by atoms with Gasteiger partial charge in [0, 0.05) is 42.6 Å². The Morgan fingerprint density at radius 2 is 1.84 bits per heavy atom. The molecule has 2 heterocycles. The van der Waals surface area contributed by atoms with Crippen molar-refractivity contribution in [3.8, 4) is 5.69 Å². The molecule has 0 radical (unpaired) electrons. The molecule has 1 saturated heterocycles. The Morgan fingerprint density at radius 3 is 2.44 bits per heavy atom. The summed E-state index contributed by atoms with van der Waals surface area (Å²) in [5, 5.41) is 16.0. The molecule has 0 spiro atoms. The molecule has 1 aromatic heterocycles. The molecule has 0 saturated carbocycles. The third-order valence-electron chi connectivity index (χ3n) is 4.97. The summed E-state index contributed by atoms with van der Waals surface area (Å²) in [6.07, 6.45) is -0.386. The van der Waals surface area contributed by atoms with Gasteiger partial charge in [0.2, 0.25) is 0 Å². The third kappa shape index (κ3) is 3.62. The van der Waals surface area contributed by atoms with Crippen molar-refractivity contribution in [1.82, 2.24) is 15.2 Å². The van der Waals surface area contributed by atoms with Crippen LogP contribution in [0.1, 0.15) is 32.9 Å². The zero-order valence-electron chi connectivity index (χ0n) is 15.4. The average Bonchev–Trinajstić information content (AvgIpc) is 3.07. The second kappa shape index (κ2) is 7.02. The molecule has 2 unspecified atom stereocenters. The largest absolute Gasteiger partial charge is 0.391 e. The predicted molar refractivity (Wildman–Crippen MR) is 99.4 cm³/mol. The highest BCUT2D eigenvalue weighted by Crippen LogP contribution is 2.23. The molecule has 1 amide bonds. The Balaban J connectivity index is 1.82. The van der Waals surface area contributed by atoms with Crippen LogP contribution in [0.25, 0.3) is 5.69 Å². The lowest BCUT2D eigenvalue weighted by Gasteiger charge is -2.14. The monoisotopic (exact) mass is 341 g/mol. The Bertz CT molecular complexity index is 774. The average molecular weight is 341 g/mol. The highest BCUT2D eigenvalue weighted by molar-refractivity contribution is 5.95. The number of nitrogens with one attached hydrogen (secondary N) is 2. The Kier molecular flexibility index (Phi) is 4.97. The molecule has 0 aliphatic carbocycles. The van der Waals surface area contributed by atoms with Gasteiger partial charge < -0.3 is 20.3 Å². The second-order valence-electron chi connectivity index (χ2n) is 7.16. The van der Waals surface area contributed by atoms with Gasteiger partial charge in [0.25, 0.3) is 5.91 Å². The van der Waals surface area contributed by atoms with E-state index in [0.717, 1.165) is 23.6 Å². The van der Waals surface area contributed by atoms with E-state index in [1.54, 1.807) is 0 Å². The first kappa shape index (κ1) is 17.7. The molecule has 2 aromatic rings. The number of hydrogen-bond acceptors (Lipinski definition) is 3. The van der Waals surface area contributed by atoms with E-state index in [-0.39, 0.29) is 17.9 Å². The third-order valence-corrected chi connectivity index (χ3v) is 4.97. The topological polar surface area (TPSA) is 66.3 Å². The van der Waals surface area contributed by atoms with Crippen molar-refractivity contribution in [1.29, 1.82) is 0 Å². The highest BCUT2D eigenvalue weighted by Gasteiger charge is 2.26. The van der Waals surface area contributed by atoms with Crippen LogP contribution < -0.4 is 10.6 Å². The molecular weight excluding hydrogens is 314 g/mol. The lowest BCUT2D eigenvalue weighted by atomic mass is 10.1. The first-order chi connectivity index (χ1) is 11.9. The minimum atomic E-state index is -0.386. The maximum atomic E-state index is 12.6. The van der Waals surface area contributed by atoms with E-state index in [9.17, 15) is 9.90 Å². The number of β-amino-alcohol motifs (C(OH)–C–C–N with tert-alkyl or cyclic N) is 1. The smallest absolute Gasteiger partial charge is 0.253 e. The fraction of sp³-hybridized carbons (Fsp3) is 0.450. The van der Waals surface area contributed by atoms with Crippen LogP contribution in [-0.4, -0.2) is 41.3 Å². The van der Waals surface area contributed by atoms with Crippen molar-refractivity contribution < 1.29 is 9.90 Å². The molecule has 134 valence electrons. The molecule has 1 aliphatic heterocycles. The van der Waals surface area contributed by atoms with Crippen molar-refractivity contribution in [2.75, 3.05) is 19.6 Å². The summed E-state index contributed by atoms with van der Waals surface area (Å²) in [6, 6.07) is 8.35. The van der Waals surface area contributed by atoms with E-state index in [1.807, 2.05) is 19.9 Å². The summed E-state index contributed by atoms with van der Waals surface area (Å²) in [6.45, 7) is 9.99. The lowest BCUT2D eigenvalue weighted by Crippen LogP contribution is -2.34. The summed E-state index contributed by atoms with van der Waals surface area (Å²) in [4.78, 5) is 12.6. The fourth-order valence-corrected chi connectivity index (χ4v) is 3.72. The number of carbonyl (C=O) groups is 1. The zero-order chi connectivity index (χ0) is 18.1. The Morgan fingerprint density at radius 1 is 1.16 bits per heavy atom. The number of aromatic nitrogens is 1. The van der Waals surface area contributed by atoms with Gasteiger partial charge in [-0.3, -0.25) is 4.79 Å². The zero-order valence-corrected chi connectivity index (χ0v) is 15.4. The molecule has 5 nitrogen and oxygen atoms in total. The SMILES string of the molecule is Cc1cc(C)cc(-n2c(C)cc(C(=O)NCC3CNCC3O)c2C)c1. The Hall–Kier alpha value is -2.11. The fourth-order valence-electron chi connectivity index (χ4n) is 3.72. The molecule has 25 heavy (non-hydrogen) atoms. The molecule has 3 rings (SSSR count). The van der Waals surface area contributed by atoms with E-state index in [2.05, 4.69) is 47.2 Å². The summed E-state index contributed by atoms with van der Waals surface area (Å²) in [5.74, 6) is -0.00492. The normalized spacial score (nSPS) is 20.0. The number of benzene rings is 1. The number of amides is 1. The van der Waals surface area contributed by atoms with Gasteiger partial charge in [0.1, 0.15) is 0 Å². The summed E-state index contributed by atoms with van der Waals surface area (Å²) in [7, 11) is 0. The molecule has 5 heteroatoms. The predicted octanol–water partition coefficient (Wildman–Crippen LogP) is 2.02. The lowest BCUT2D eigenvalue weighted by molar-refractivity contribution is 0.0926. The Labute approximate surface area is 149 Å². The van der Waals surface area contributed by atoms with Gasteiger partial charge in [-0.2, -0.15) is 0 Å². The van der Waals surface area contributed by atoms with E-state index < -0.39 is 0 Å². The molecule has 3 N–H and O–H groups in total. The molecule has 0 bridgehead atoms. The van der Waals surface area contributed by atoms with Gasteiger partial charge in [0.15, 0.2) is 0 Å². The molecule has 1 aromatic carbocycles. The summed E-state index contributed by atoms with van der Waals surface area (Å²) < 4.78 is 2.13. The van der Waals surface area contributed by atoms with Crippen LogP contribution in [0.5, 0.6) is 0 Å². The standard InChI is InChI=1S/C20H27N3O2/c1-12-5-13(2)7-17(6-12)23-14(3)8-18(15(23)4)20(25)22-10-16-9-21-11-19(16)24/h5-8,16,19,21,24H,9-11H2,1-4H3,(H,22,25). The van der Waals surface area contributed by atoms with Gasteiger partial charge in [0.05, 0.1) is 11.7 Å². The van der Waals surface area contributed by atoms with E-state index in [0.29, 0.717) is 18.7 Å². The van der Waals surface area contributed by atoms with E-state index >= 15 is 0 Å². The molecular formula is C20H27N3O2. The van der Waals surface area contributed by atoms with Crippen molar-refractivity contribution in [2.24, 2.45) is 5.92 Å². The van der Waals surface area contributed by atoms with Crippen LogP contribution >= 0.6 is 0 Å². The van der Waals surface area contributed by atoms with Crippen molar-refractivity contribution in [3.63, 3.8) is 0 Å². The highest BCUT2D eigenvalue weighted by atomic mass is 16.3. The number of hydrogen-bond donors (Lipinski definition) is 3. The number of aliphatic hydroxyl groups is 1. The van der Waals surface area contributed by atoms with Gasteiger partial charge in [-0.25, -0.2) is 0 Å². The quantitative estimate of drug-likeness (QED) is 0.797. The van der Waals surface area contributed by atoms with Crippen molar-refractivity contribution >= 4 is 5.91 Å². The minimum Gasteiger partial charge on any atom is -0.391 e. The maximum absolute atomic E-state index is 12.6. The van der Waals surface area contributed by atoms with Gasteiger partial charge >= 0.3 is 0 Å². The molecule has 1 fully saturated rings. The van der Waals surface area contributed by atoms with E-state index in [1.165, 1.54) is 11.1 Å². The van der Waals surface area contributed by atoms with Crippen molar-refractivity contribution in [2.45, 2.75) is 33.8 Å². The van der Waals surface area contributed by atoms with Gasteiger partial charge in [-0.1, -0.05) is 6.07 Å². The summed E-state index contributed by atoms with van der Waals surface area (Å²) >= 11 is 0. The molecule has 2 atom stereocenters. The first-order valence-electron chi connectivity index (χ1n) is 8.81. The van der Waals surface area contributed by atoms with E-state index in [4.69, 9.17) is 0 Å². The van der Waals surface area contributed by atoms with Crippen LogP contribution in [0.15, 0.2) is 24.3 Å². The molecule has 1 aliphatic rings. The van der Waals surface area contributed by atoms with Crippen LogP contribution in [-0.2, 0) is 0 Å². The van der Waals surface area contributed by atoms with Crippen molar-refractivity contribution in [3.05, 3.63) is 52.3 Å². The maximum Gasteiger partial charge on any atom is 0.253 e. The number of rotatable bonds is 4.